The van der Waals surface area contributed by atoms with Gasteiger partial charge in [-0.05, 0) is 17.7 Å². The number of ether oxygens (including phenoxy) is 2. The van der Waals surface area contributed by atoms with Crippen LogP contribution in [0.4, 0.5) is 0 Å². The van der Waals surface area contributed by atoms with Crippen LogP contribution in [0, 0.1) is 0 Å². The molecule has 2 aromatic rings. The molecule has 0 aromatic heterocycles. The number of amides is 1. The van der Waals surface area contributed by atoms with Gasteiger partial charge in [0, 0.05) is 11.6 Å². The molecule has 1 aliphatic heterocycles. The molecule has 1 amide bonds. The predicted octanol–water partition coefficient (Wildman–Crippen LogP) is 1.48. The minimum absolute atomic E-state index is 0.0332. The number of rotatable bonds is 7. The Morgan fingerprint density at radius 3 is 2.59 bits per heavy atom. The summed E-state index contributed by atoms with van der Waals surface area (Å²) in [4.78, 5) is 14.0. The summed E-state index contributed by atoms with van der Waals surface area (Å²) < 4.78 is 10.8. The van der Waals surface area contributed by atoms with E-state index in [1.807, 2.05) is 42.5 Å². The standard InChI is InChI=1S/C22H26N2O3/c1-26-21-10-6-5-9-19(21)11-12-22(25)23-20(18-7-3-2-4-8-18)17-24-13-15-27-16-14-24/h2-12,20H,13-17H2,1H3,(H,23,25)/p+1/b12-11+/t20-/m1/s1. The molecular formula is C22H27N2O3+. The van der Waals surface area contributed by atoms with Gasteiger partial charge in [-0.25, -0.2) is 0 Å². The summed E-state index contributed by atoms with van der Waals surface area (Å²) in [6.07, 6.45) is 3.36. The van der Waals surface area contributed by atoms with Crippen LogP contribution in [0.15, 0.2) is 60.7 Å². The zero-order valence-electron chi connectivity index (χ0n) is 15.7. The Bertz CT molecular complexity index is 755. The average Bonchev–Trinajstić information content (AvgIpc) is 2.73. The SMILES string of the molecule is COc1ccccc1/C=C/C(=O)N[C@H](C[NH+]1CCOCC1)c1ccccc1. The Hall–Kier alpha value is -2.63. The third-order valence-electron chi connectivity index (χ3n) is 4.76. The van der Waals surface area contributed by atoms with Gasteiger partial charge in [0.2, 0.25) is 5.91 Å². The Labute approximate surface area is 160 Å². The van der Waals surface area contributed by atoms with Gasteiger partial charge < -0.3 is 19.7 Å². The Morgan fingerprint density at radius 2 is 1.85 bits per heavy atom. The number of quaternary nitrogens is 1. The predicted molar refractivity (Wildman–Crippen MR) is 106 cm³/mol. The molecule has 2 N–H and O–H groups in total. The van der Waals surface area contributed by atoms with Crippen LogP contribution in [0.25, 0.3) is 6.08 Å². The molecule has 0 spiro atoms. The lowest BCUT2D eigenvalue weighted by Gasteiger charge is -2.28. The molecule has 27 heavy (non-hydrogen) atoms. The van der Waals surface area contributed by atoms with E-state index in [4.69, 9.17) is 9.47 Å². The maximum absolute atomic E-state index is 12.6. The lowest BCUT2D eigenvalue weighted by Crippen LogP contribution is -3.14. The molecule has 5 heteroatoms. The smallest absolute Gasteiger partial charge is 0.244 e. The minimum atomic E-state index is -0.109. The first kappa shape index (κ1) is 19.1. The third kappa shape index (κ3) is 5.67. The highest BCUT2D eigenvalue weighted by Crippen LogP contribution is 2.18. The molecule has 1 heterocycles. The van der Waals surface area contributed by atoms with E-state index in [1.165, 1.54) is 4.90 Å². The molecule has 0 aliphatic carbocycles. The molecule has 1 fully saturated rings. The van der Waals surface area contributed by atoms with Crippen molar-refractivity contribution in [3.8, 4) is 5.75 Å². The molecule has 0 bridgehead atoms. The van der Waals surface area contributed by atoms with Gasteiger partial charge in [0.25, 0.3) is 0 Å². The van der Waals surface area contributed by atoms with Crippen LogP contribution in [0.3, 0.4) is 0 Å². The lowest BCUT2D eigenvalue weighted by molar-refractivity contribution is -0.909. The van der Waals surface area contributed by atoms with Gasteiger partial charge >= 0.3 is 0 Å². The molecule has 0 radical (unpaired) electrons. The summed E-state index contributed by atoms with van der Waals surface area (Å²) in [7, 11) is 1.63. The maximum Gasteiger partial charge on any atom is 0.244 e. The highest BCUT2D eigenvalue weighted by molar-refractivity contribution is 5.92. The largest absolute Gasteiger partial charge is 0.496 e. The summed E-state index contributed by atoms with van der Waals surface area (Å²) >= 11 is 0. The van der Waals surface area contributed by atoms with E-state index in [-0.39, 0.29) is 11.9 Å². The molecule has 1 saturated heterocycles. The highest BCUT2D eigenvalue weighted by Gasteiger charge is 2.22. The zero-order valence-corrected chi connectivity index (χ0v) is 15.7. The summed E-state index contributed by atoms with van der Waals surface area (Å²) in [5, 5.41) is 3.16. The number of benzene rings is 2. The van der Waals surface area contributed by atoms with E-state index in [9.17, 15) is 4.79 Å². The maximum atomic E-state index is 12.6. The zero-order chi connectivity index (χ0) is 18.9. The fourth-order valence-electron chi connectivity index (χ4n) is 3.28. The van der Waals surface area contributed by atoms with Gasteiger partial charge in [-0.15, -0.1) is 0 Å². The Balaban J connectivity index is 1.69. The average molecular weight is 367 g/mol. The number of hydrogen-bond donors (Lipinski definition) is 2. The third-order valence-corrected chi connectivity index (χ3v) is 4.76. The van der Waals surface area contributed by atoms with Crippen molar-refractivity contribution >= 4 is 12.0 Å². The second-order valence-electron chi connectivity index (χ2n) is 6.61. The van der Waals surface area contributed by atoms with E-state index in [0.717, 1.165) is 49.7 Å². The summed E-state index contributed by atoms with van der Waals surface area (Å²) in [6, 6.07) is 17.7. The number of para-hydroxylation sites is 1. The van der Waals surface area contributed by atoms with E-state index in [1.54, 1.807) is 19.3 Å². The van der Waals surface area contributed by atoms with Gasteiger partial charge in [0.05, 0.1) is 20.3 Å². The van der Waals surface area contributed by atoms with Crippen LogP contribution >= 0.6 is 0 Å². The van der Waals surface area contributed by atoms with E-state index in [2.05, 4.69) is 17.4 Å². The van der Waals surface area contributed by atoms with E-state index < -0.39 is 0 Å². The van der Waals surface area contributed by atoms with Crippen molar-refractivity contribution in [2.75, 3.05) is 40.0 Å². The van der Waals surface area contributed by atoms with Crippen molar-refractivity contribution in [2.24, 2.45) is 0 Å². The van der Waals surface area contributed by atoms with E-state index >= 15 is 0 Å². The van der Waals surface area contributed by atoms with Crippen LogP contribution in [0.1, 0.15) is 17.2 Å². The second-order valence-corrected chi connectivity index (χ2v) is 6.61. The molecule has 1 aliphatic rings. The van der Waals surface area contributed by atoms with Crippen molar-refractivity contribution in [3.05, 3.63) is 71.8 Å². The van der Waals surface area contributed by atoms with Crippen LogP contribution in [-0.2, 0) is 9.53 Å². The van der Waals surface area contributed by atoms with Crippen molar-refractivity contribution < 1.29 is 19.2 Å². The first-order valence-electron chi connectivity index (χ1n) is 9.34. The van der Waals surface area contributed by atoms with Gasteiger partial charge in [-0.3, -0.25) is 4.79 Å². The number of hydrogen-bond acceptors (Lipinski definition) is 3. The van der Waals surface area contributed by atoms with Crippen LogP contribution in [0.5, 0.6) is 5.75 Å². The number of nitrogens with one attached hydrogen (secondary N) is 2. The molecule has 0 saturated carbocycles. The first-order chi connectivity index (χ1) is 13.3. The Morgan fingerprint density at radius 1 is 1.15 bits per heavy atom. The highest BCUT2D eigenvalue weighted by atomic mass is 16.5. The Kier molecular flexibility index (Phi) is 7.02. The number of morpholine rings is 1. The van der Waals surface area contributed by atoms with Crippen molar-refractivity contribution in [1.82, 2.24) is 5.32 Å². The van der Waals surface area contributed by atoms with Gasteiger partial charge in [-0.1, -0.05) is 48.5 Å². The van der Waals surface area contributed by atoms with E-state index in [0.29, 0.717) is 0 Å². The van der Waals surface area contributed by atoms with Gasteiger partial charge in [0.1, 0.15) is 31.4 Å². The molecule has 1 atom stereocenters. The van der Waals surface area contributed by atoms with Gasteiger partial charge in [0.15, 0.2) is 0 Å². The van der Waals surface area contributed by atoms with Crippen molar-refractivity contribution in [3.63, 3.8) is 0 Å². The van der Waals surface area contributed by atoms with Crippen LogP contribution in [0.2, 0.25) is 0 Å². The monoisotopic (exact) mass is 367 g/mol. The van der Waals surface area contributed by atoms with Crippen LogP contribution < -0.4 is 15.0 Å². The fourth-order valence-corrected chi connectivity index (χ4v) is 3.28. The van der Waals surface area contributed by atoms with Crippen LogP contribution in [-0.4, -0.2) is 45.9 Å². The minimum Gasteiger partial charge on any atom is -0.496 e. The molecule has 0 unspecified atom stereocenters. The van der Waals surface area contributed by atoms with Crippen molar-refractivity contribution in [1.29, 1.82) is 0 Å². The lowest BCUT2D eigenvalue weighted by atomic mass is 10.1. The molecule has 3 rings (SSSR count). The molecule has 142 valence electrons. The van der Waals surface area contributed by atoms with Gasteiger partial charge in [-0.2, -0.15) is 0 Å². The quantitative estimate of drug-likeness (QED) is 0.729. The molecule has 5 nitrogen and oxygen atoms in total. The molecular weight excluding hydrogens is 340 g/mol. The number of carbonyl (C=O) groups excluding carboxylic acids is 1. The van der Waals surface area contributed by atoms with Crippen molar-refractivity contribution in [2.45, 2.75) is 6.04 Å². The number of methoxy groups -OCH3 is 1. The topological polar surface area (TPSA) is 52.0 Å². The normalized spacial score (nSPS) is 16.2. The fraction of sp³-hybridized carbons (Fsp3) is 0.318. The molecule has 2 aromatic carbocycles. The summed E-state index contributed by atoms with van der Waals surface area (Å²) in [6.45, 7) is 4.34. The summed E-state index contributed by atoms with van der Waals surface area (Å²) in [5.41, 5.74) is 2.00. The first-order valence-corrected chi connectivity index (χ1v) is 9.34. The number of carbonyl (C=O) groups is 1. The summed E-state index contributed by atoms with van der Waals surface area (Å²) in [5.74, 6) is 0.640. The second kappa shape index (κ2) is 9.90.